The predicted octanol–water partition coefficient (Wildman–Crippen LogP) is 5.18. The van der Waals surface area contributed by atoms with Crippen LogP contribution in [0.25, 0.3) is 0 Å². The van der Waals surface area contributed by atoms with Crippen LogP contribution in [0, 0.1) is 0 Å². The Hall–Kier alpha value is -2.34. The molecule has 3 nitrogen and oxygen atoms in total. The van der Waals surface area contributed by atoms with Crippen LogP contribution in [0.5, 0.6) is 0 Å². The van der Waals surface area contributed by atoms with Crippen LogP contribution in [-0.4, -0.2) is 13.0 Å². The first-order chi connectivity index (χ1) is 13.2. The molecule has 0 spiro atoms. The summed E-state index contributed by atoms with van der Waals surface area (Å²) in [5, 5.41) is 0. The van der Waals surface area contributed by atoms with Crippen LogP contribution >= 0.6 is 0 Å². The molecule has 1 atom stereocenters. The number of benzene rings is 2. The van der Waals surface area contributed by atoms with Crippen molar-refractivity contribution < 1.29 is 22.7 Å². The Kier molecular flexibility index (Phi) is 6.88. The number of nitrogens with two attached hydrogens (primary N) is 1. The highest BCUT2D eigenvalue weighted by Gasteiger charge is 2.32. The zero-order valence-electron chi connectivity index (χ0n) is 16.3. The van der Waals surface area contributed by atoms with Gasteiger partial charge in [0.1, 0.15) is 0 Å². The van der Waals surface area contributed by atoms with E-state index in [-0.39, 0.29) is 17.6 Å². The fourth-order valence-electron chi connectivity index (χ4n) is 3.56. The van der Waals surface area contributed by atoms with Crippen molar-refractivity contribution in [2.75, 3.05) is 7.11 Å². The molecule has 1 unspecified atom stereocenters. The van der Waals surface area contributed by atoms with Crippen molar-refractivity contribution in [3.8, 4) is 0 Å². The third kappa shape index (κ3) is 4.73. The van der Waals surface area contributed by atoms with Crippen LogP contribution in [0.15, 0.2) is 48.5 Å². The lowest BCUT2D eigenvalue weighted by Gasteiger charge is -2.31. The summed E-state index contributed by atoms with van der Waals surface area (Å²) in [7, 11) is 1.68. The third-order valence-corrected chi connectivity index (χ3v) is 5.41. The summed E-state index contributed by atoms with van der Waals surface area (Å²) in [4.78, 5) is 12.0. The van der Waals surface area contributed by atoms with E-state index in [2.05, 4.69) is 13.8 Å². The summed E-state index contributed by atoms with van der Waals surface area (Å²) in [6.07, 6.45) is -2.61. The summed E-state index contributed by atoms with van der Waals surface area (Å²) in [5.74, 6) is -1.49. The molecule has 0 aliphatic carbocycles. The van der Waals surface area contributed by atoms with Gasteiger partial charge in [-0.3, -0.25) is 4.79 Å². The van der Waals surface area contributed by atoms with Crippen molar-refractivity contribution in [1.29, 1.82) is 0 Å². The predicted molar refractivity (Wildman–Crippen MR) is 103 cm³/mol. The Morgan fingerprint density at radius 2 is 1.64 bits per heavy atom. The molecule has 1 amide bonds. The summed E-state index contributed by atoms with van der Waals surface area (Å²) in [6.45, 7) is 4.11. The molecule has 0 aromatic heterocycles. The molecular formula is C22H26F3NO2. The highest BCUT2D eigenvalue weighted by molar-refractivity contribution is 5.82. The average molecular weight is 393 g/mol. The second kappa shape index (κ2) is 8.78. The molecule has 2 rings (SSSR count). The van der Waals surface area contributed by atoms with E-state index >= 15 is 0 Å². The maximum Gasteiger partial charge on any atom is 0.416 e. The van der Waals surface area contributed by atoms with Crippen molar-refractivity contribution in [2.45, 2.75) is 50.8 Å². The summed E-state index contributed by atoms with van der Waals surface area (Å²) >= 11 is 0. The van der Waals surface area contributed by atoms with Gasteiger partial charge in [0, 0.05) is 7.11 Å². The van der Waals surface area contributed by atoms with Crippen molar-refractivity contribution >= 4 is 5.91 Å². The Morgan fingerprint density at radius 1 is 1.04 bits per heavy atom. The highest BCUT2D eigenvalue weighted by atomic mass is 19.4. The minimum atomic E-state index is -4.47. The normalized spacial score (nSPS) is 13.4. The number of primary amides is 1. The number of ether oxygens (including phenoxy) is 1. The number of rotatable bonds is 8. The minimum Gasteiger partial charge on any atom is -0.374 e. The molecule has 6 heteroatoms. The number of carbonyl (C=O) groups excluding carboxylic acids is 1. The monoisotopic (exact) mass is 393 g/mol. The number of hydrogen-bond acceptors (Lipinski definition) is 2. The SMILES string of the molecule is CCC(CC)(OC)c1ccc(CC(C(N)=O)c2cccc(C(F)(F)F)c2)cc1. The molecule has 0 heterocycles. The molecule has 152 valence electrons. The highest BCUT2D eigenvalue weighted by Crippen LogP contribution is 2.34. The lowest BCUT2D eigenvalue weighted by molar-refractivity contribution is -0.137. The molecular weight excluding hydrogens is 367 g/mol. The number of carbonyl (C=O) groups is 1. The van der Waals surface area contributed by atoms with Gasteiger partial charge in [-0.1, -0.05) is 56.3 Å². The first-order valence-electron chi connectivity index (χ1n) is 9.28. The maximum absolute atomic E-state index is 13.0. The van der Waals surface area contributed by atoms with Gasteiger partial charge in [0.15, 0.2) is 0 Å². The van der Waals surface area contributed by atoms with E-state index in [1.54, 1.807) is 7.11 Å². The lowest BCUT2D eigenvalue weighted by atomic mass is 9.86. The molecule has 28 heavy (non-hydrogen) atoms. The molecule has 0 aliphatic rings. The van der Waals surface area contributed by atoms with Gasteiger partial charge in [0.2, 0.25) is 5.91 Å². The molecule has 2 aromatic carbocycles. The van der Waals surface area contributed by atoms with Crippen LogP contribution < -0.4 is 5.73 Å². The van der Waals surface area contributed by atoms with Gasteiger partial charge in [0.05, 0.1) is 17.1 Å². The molecule has 0 radical (unpaired) electrons. The molecule has 0 aliphatic heterocycles. The first kappa shape index (κ1) is 22.0. The Morgan fingerprint density at radius 3 is 2.11 bits per heavy atom. The lowest BCUT2D eigenvalue weighted by Crippen LogP contribution is -2.27. The van der Waals surface area contributed by atoms with Gasteiger partial charge >= 0.3 is 6.18 Å². The largest absolute Gasteiger partial charge is 0.416 e. The van der Waals surface area contributed by atoms with Gasteiger partial charge in [-0.05, 0) is 42.0 Å². The zero-order valence-corrected chi connectivity index (χ0v) is 16.3. The first-order valence-corrected chi connectivity index (χ1v) is 9.28. The Labute approximate surface area is 163 Å². The van der Waals surface area contributed by atoms with Crippen molar-refractivity contribution in [3.63, 3.8) is 0 Å². The van der Waals surface area contributed by atoms with Crippen LogP contribution in [0.3, 0.4) is 0 Å². The smallest absolute Gasteiger partial charge is 0.374 e. The number of methoxy groups -OCH3 is 1. The van der Waals surface area contributed by atoms with Gasteiger partial charge in [-0.15, -0.1) is 0 Å². The van der Waals surface area contributed by atoms with Crippen LogP contribution in [0.4, 0.5) is 13.2 Å². The number of hydrogen-bond donors (Lipinski definition) is 1. The van der Waals surface area contributed by atoms with E-state index in [1.807, 2.05) is 24.3 Å². The van der Waals surface area contributed by atoms with Crippen LogP contribution in [-0.2, 0) is 27.7 Å². The fourth-order valence-corrected chi connectivity index (χ4v) is 3.56. The Bertz CT molecular complexity index is 788. The Balaban J connectivity index is 2.30. The maximum atomic E-state index is 13.0. The van der Waals surface area contributed by atoms with E-state index in [4.69, 9.17) is 10.5 Å². The molecule has 0 saturated heterocycles. The topological polar surface area (TPSA) is 52.3 Å². The number of alkyl halides is 3. The standard InChI is InChI=1S/C22H26F3NO2/c1-4-21(5-2,28-3)17-11-9-15(10-12-17)13-19(20(26)27)16-7-6-8-18(14-16)22(23,24)25/h6-12,14,19H,4-5,13H2,1-3H3,(H2,26,27). The van der Waals surface area contributed by atoms with E-state index in [0.29, 0.717) is 0 Å². The minimum absolute atomic E-state index is 0.231. The molecule has 0 saturated carbocycles. The van der Waals surface area contributed by atoms with E-state index < -0.39 is 23.6 Å². The van der Waals surface area contributed by atoms with Gasteiger partial charge < -0.3 is 10.5 Å². The van der Waals surface area contributed by atoms with Gasteiger partial charge in [-0.2, -0.15) is 13.2 Å². The van der Waals surface area contributed by atoms with Crippen molar-refractivity contribution in [2.24, 2.45) is 5.73 Å². The summed E-state index contributed by atoms with van der Waals surface area (Å²) < 4.78 is 44.7. The second-order valence-corrected chi connectivity index (χ2v) is 6.88. The van der Waals surface area contributed by atoms with E-state index in [0.717, 1.165) is 36.1 Å². The van der Waals surface area contributed by atoms with Gasteiger partial charge in [0.25, 0.3) is 0 Å². The fraction of sp³-hybridized carbons (Fsp3) is 0.409. The van der Waals surface area contributed by atoms with E-state index in [9.17, 15) is 18.0 Å². The summed E-state index contributed by atoms with van der Waals surface area (Å²) in [5.41, 5.74) is 6.45. The van der Waals surface area contributed by atoms with Gasteiger partial charge in [-0.25, -0.2) is 0 Å². The quantitative estimate of drug-likeness (QED) is 0.672. The summed E-state index contributed by atoms with van der Waals surface area (Å²) in [6, 6.07) is 12.4. The van der Waals surface area contributed by atoms with Crippen molar-refractivity contribution in [3.05, 3.63) is 70.8 Å². The van der Waals surface area contributed by atoms with Crippen LogP contribution in [0.2, 0.25) is 0 Å². The molecule has 0 fully saturated rings. The molecule has 2 N–H and O–H groups in total. The van der Waals surface area contributed by atoms with Crippen LogP contribution in [0.1, 0.15) is 54.9 Å². The number of amides is 1. The average Bonchev–Trinajstić information content (AvgIpc) is 2.68. The second-order valence-electron chi connectivity index (χ2n) is 6.88. The molecule has 2 aromatic rings. The van der Waals surface area contributed by atoms with E-state index in [1.165, 1.54) is 12.1 Å². The zero-order chi connectivity index (χ0) is 20.9. The molecule has 0 bridgehead atoms. The number of halogens is 3. The third-order valence-electron chi connectivity index (χ3n) is 5.41. The van der Waals surface area contributed by atoms with Crippen molar-refractivity contribution in [1.82, 2.24) is 0 Å².